The topological polar surface area (TPSA) is 0 Å². The van der Waals surface area contributed by atoms with Crippen LogP contribution in [0.1, 0.15) is 20.3 Å². The van der Waals surface area contributed by atoms with E-state index in [4.69, 9.17) is 0 Å². The Morgan fingerprint density at radius 1 is 0.692 bits per heavy atom. The molecule has 0 aliphatic rings. The molecule has 0 unspecified atom stereocenters. The van der Waals surface area contributed by atoms with Crippen molar-refractivity contribution in [1.29, 1.82) is 0 Å². The van der Waals surface area contributed by atoms with Crippen molar-refractivity contribution < 1.29 is 0 Å². The highest BCUT2D eigenvalue weighted by Crippen LogP contribution is 1.84. The second kappa shape index (κ2) is 10.7. The first kappa shape index (κ1) is 11.7. The molecule has 0 aromatic rings. The summed E-state index contributed by atoms with van der Waals surface area (Å²) >= 11 is 0. The Morgan fingerprint density at radius 3 is 1.62 bits per heavy atom. The average molecular weight is 174 g/mol. The molecule has 0 nitrogen and oxygen atoms in total. The van der Waals surface area contributed by atoms with E-state index in [0.717, 1.165) is 6.42 Å². The van der Waals surface area contributed by atoms with Crippen LogP contribution in [0.3, 0.4) is 0 Å². The van der Waals surface area contributed by atoms with Crippen molar-refractivity contribution >= 4 is 0 Å². The lowest BCUT2D eigenvalue weighted by atomic mass is 10.3. The number of rotatable bonds is 5. The van der Waals surface area contributed by atoms with Crippen LogP contribution in [0.25, 0.3) is 0 Å². The standard InChI is InChI=1S/C13H18/c1-3-5-7-9-11-13-12-10-8-6-4-2/h3,5-13H,4H2,1-2H3/b5-3+,8-6+,9-7+,12-10+,13-11+. The summed E-state index contributed by atoms with van der Waals surface area (Å²) in [6.45, 7) is 4.13. The minimum absolute atomic E-state index is 1.09. The lowest BCUT2D eigenvalue weighted by Gasteiger charge is -1.74. The minimum Gasteiger partial charge on any atom is -0.0877 e. The fraction of sp³-hybridized carbons (Fsp3) is 0.231. The molecule has 0 saturated carbocycles. The molecule has 0 saturated heterocycles. The van der Waals surface area contributed by atoms with Crippen LogP contribution in [0.4, 0.5) is 0 Å². The van der Waals surface area contributed by atoms with Crippen molar-refractivity contribution in [2.24, 2.45) is 0 Å². The molecule has 0 heteroatoms. The van der Waals surface area contributed by atoms with Crippen LogP contribution in [-0.4, -0.2) is 0 Å². The SMILES string of the molecule is C/C=C/C=C/C=C/C=C/C=C/CC. The van der Waals surface area contributed by atoms with Gasteiger partial charge in [-0.15, -0.1) is 0 Å². The van der Waals surface area contributed by atoms with E-state index in [2.05, 4.69) is 19.1 Å². The van der Waals surface area contributed by atoms with E-state index in [9.17, 15) is 0 Å². The van der Waals surface area contributed by atoms with Gasteiger partial charge in [0.2, 0.25) is 0 Å². The normalized spacial score (nSPS) is 13.7. The molecule has 0 aliphatic heterocycles. The highest BCUT2D eigenvalue weighted by Gasteiger charge is 1.63. The fourth-order valence-electron chi connectivity index (χ4n) is 0.711. The summed E-state index contributed by atoms with van der Waals surface area (Å²) in [6.07, 6.45) is 21.4. The monoisotopic (exact) mass is 174 g/mol. The molecule has 0 fully saturated rings. The Morgan fingerprint density at radius 2 is 1.15 bits per heavy atom. The maximum atomic E-state index is 2.12. The number of hydrogen-bond acceptors (Lipinski definition) is 0. The summed E-state index contributed by atoms with van der Waals surface area (Å²) in [5.74, 6) is 0. The van der Waals surface area contributed by atoms with Crippen molar-refractivity contribution in [3.05, 3.63) is 60.8 Å². The van der Waals surface area contributed by atoms with E-state index in [1.54, 1.807) is 0 Å². The molecule has 0 amide bonds. The van der Waals surface area contributed by atoms with Crippen LogP contribution >= 0.6 is 0 Å². The zero-order valence-corrected chi connectivity index (χ0v) is 8.48. The molecule has 0 N–H and O–H groups in total. The molecule has 0 bridgehead atoms. The summed E-state index contributed by atoms with van der Waals surface area (Å²) in [6, 6.07) is 0. The van der Waals surface area contributed by atoms with Gasteiger partial charge < -0.3 is 0 Å². The lowest BCUT2D eigenvalue weighted by Crippen LogP contribution is -1.53. The molecule has 0 atom stereocenters. The van der Waals surface area contributed by atoms with Crippen molar-refractivity contribution in [2.45, 2.75) is 20.3 Å². The van der Waals surface area contributed by atoms with Crippen LogP contribution in [-0.2, 0) is 0 Å². The largest absolute Gasteiger partial charge is 0.0877 e. The fourth-order valence-corrected chi connectivity index (χ4v) is 0.711. The Kier molecular flexibility index (Phi) is 9.63. The smallest absolute Gasteiger partial charge is 0.0376 e. The molecule has 0 aromatic heterocycles. The van der Waals surface area contributed by atoms with Crippen LogP contribution in [0, 0.1) is 0 Å². The highest BCUT2D eigenvalue weighted by atomic mass is 13.7. The van der Waals surface area contributed by atoms with Gasteiger partial charge in [0.15, 0.2) is 0 Å². The Labute approximate surface area is 81.7 Å². The predicted octanol–water partition coefficient (Wildman–Crippen LogP) is 4.20. The molecular formula is C13H18. The van der Waals surface area contributed by atoms with E-state index < -0.39 is 0 Å². The summed E-state index contributed by atoms with van der Waals surface area (Å²) in [5, 5.41) is 0. The second-order valence-electron chi connectivity index (χ2n) is 2.52. The van der Waals surface area contributed by atoms with Crippen molar-refractivity contribution in [2.75, 3.05) is 0 Å². The molecule has 70 valence electrons. The summed E-state index contributed by atoms with van der Waals surface area (Å²) in [4.78, 5) is 0. The predicted molar refractivity (Wildman–Crippen MR) is 61.7 cm³/mol. The van der Waals surface area contributed by atoms with Crippen molar-refractivity contribution in [3.8, 4) is 0 Å². The molecule has 0 radical (unpaired) electrons. The van der Waals surface area contributed by atoms with Gasteiger partial charge in [-0.2, -0.15) is 0 Å². The molecule has 0 heterocycles. The third-order valence-corrected chi connectivity index (χ3v) is 1.34. The Bertz CT molecular complexity index is 224. The van der Waals surface area contributed by atoms with Gasteiger partial charge in [-0.25, -0.2) is 0 Å². The molecule has 0 aromatic carbocycles. The number of allylic oxidation sites excluding steroid dienone is 10. The minimum atomic E-state index is 1.09. The van der Waals surface area contributed by atoms with Crippen molar-refractivity contribution in [1.82, 2.24) is 0 Å². The van der Waals surface area contributed by atoms with E-state index >= 15 is 0 Å². The van der Waals surface area contributed by atoms with Crippen LogP contribution in [0.5, 0.6) is 0 Å². The van der Waals surface area contributed by atoms with Crippen molar-refractivity contribution in [3.63, 3.8) is 0 Å². The first-order chi connectivity index (χ1) is 6.41. The maximum Gasteiger partial charge on any atom is -0.0376 e. The van der Waals surface area contributed by atoms with Crippen LogP contribution in [0.2, 0.25) is 0 Å². The van der Waals surface area contributed by atoms with E-state index in [1.807, 2.05) is 55.5 Å². The van der Waals surface area contributed by atoms with Gasteiger partial charge in [-0.05, 0) is 13.3 Å². The first-order valence-corrected chi connectivity index (χ1v) is 4.69. The van der Waals surface area contributed by atoms with E-state index in [-0.39, 0.29) is 0 Å². The average Bonchev–Trinajstić information content (AvgIpc) is 2.16. The second-order valence-corrected chi connectivity index (χ2v) is 2.52. The van der Waals surface area contributed by atoms with Gasteiger partial charge in [0, 0.05) is 0 Å². The first-order valence-electron chi connectivity index (χ1n) is 4.69. The van der Waals surface area contributed by atoms with Crippen LogP contribution in [0.15, 0.2) is 60.8 Å². The Balaban J connectivity index is 3.62. The Hall–Kier alpha value is -1.30. The molecule has 0 spiro atoms. The van der Waals surface area contributed by atoms with Gasteiger partial charge in [0.25, 0.3) is 0 Å². The third kappa shape index (κ3) is 10.7. The van der Waals surface area contributed by atoms with Gasteiger partial charge in [0.1, 0.15) is 0 Å². The summed E-state index contributed by atoms with van der Waals surface area (Å²) < 4.78 is 0. The zero-order valence-electron chi connectivity index (χ0n) is 8.48. The molecule has 13 heavy (non-hydrogen) atoms. The van der Waals surface area contributed by atoms with Crippen LogP contribution < -0.4 is 0 Å². The third-order valence-electron chi connectivity index (χ3n) is 1.34. The van der Waals surface area contributed by atoms with E-state index in [1.165, 1.54) is 0 Å². The summed E-state index contributed by atoms with van der Waals surface area (Å²) in [5.41, 5.74) is 0. The maximum absolute atomic E-state index is 2.12. The molecular weight excluding hydrogens is 156 g/mol. The quantitative estimate of drug-likeness (QED) is 0.548. The lowest BCUT2D eigenvalue weighted by molar-refractivity contribution is 1.22. The molecule has 0 rings (SSSR count). The van der Waals surface area contributed by atoms with Gasteiger partial charge in [0.05, 0.1) is 0 Å². The summed E-state index contributed by atoms with van der Waals surface area (Å²) in [7, 11) is 0. The highest BCUT2D eigenvalue weighted by molar-refractivity contribution is 5.17. The van der Waals surface area contributed by atoms with Gasteiger partial charge >= 0.3 is 0 Å². The van der Waals surface area contributed by atoms with Gasteiger partial charge in [-0.1, -0.05) is 67.7 Å². The van der Waals surface area contributed by atoms with Gasteiger partial charge in [-0.3, -0.25) is 0 Å². The zero-order chi connectivity index (χ0) is 9.78. The van der Waals surface area contributed by atoms with E-state index in [0.29, 0.717) is 0 Å². The number of hydrogen-bond donors (Lipinski definition) is 0. The molecule has 0 aliphatic carbocycles.